The normalized spacial score (nSPS) is 11.3. The molecule has 0 aliphatic rings. The van der Waals surface area contributed by atoms with E-state index < -0.39 is 0 Å². The zero-order valence-corrected chi connectivity index (χ0v) is 12.8. The third-order valence-electron chi connectivity index (χ3n) is 3.02. The minimum Gasteiger partial charge on any atom is -0.496 e. The van der Waals surface area contributed by atoms with Gasteiger partial charge in [-0.05, 0) is 12.8 Å². The van der Waals surface area contributed by atoms with E-state index in [-0.39, 0.29) is 11.4 Å². The third kappa shape index (κ3) is 3.45. The lowest BCUT2D eigenvalue weighted by molar-refractivity contribution is 0.0907. The van der Waals surface area contributed by atoms with Gasteiger partial charge in [-0.15, -0.1) is 11.3 Å². The Balaban J connectivity index is 2.77. The molecule has 1 aromatic heterocycles. The largest absolute Gasteiger partial charge is 0.496 e. The average Bonchev–Trinajstić information content (AvgIpc) is 2.85. The zero-order chi connectivity index (χ0) is 12.9. The van der Waals surface area contributed by atoms with E-state index in [1.165, 1.54) is 11.3 Å². The lowest BCUT2D eigenvalue weighted by Gasteiger charge is -2.30. The first-order valence-corrected chi connectivity index (χ1v) is 7.62. The van der Waals surface area contributed by atoms with Gasteiger partial charge in [0, 0.05) is 22.3 Å². The van der Waals surface area contributed by atoms with Crippen LogP contribution in [0.1, 0.15) is 36.4 Å². The topological polar surface area (TPSA) is 38.3 Å². The summed E-state index contributed by atoms with van der Waals surface area (Å²) >= 11 is 4.88. The Kier molecular flexibility index (Phi) is 5.46. The van der Waals surface area contributed by atoms with E-state index in [0.29, 0.717) is 4.88 Å². The van der Waals surface area contributed by atoms with Gasteiger partial charge in [0.15, 0.2) is 0 Å². The Morgan fingerprint density at radius 1 is 1.53 bits per heavy atom. The molecule has 0 aliphatic carbocycles. The Bertz CT molecular complexity index is 366. The fourth-order valence-electron chi connectivity index (χ4n) is 1.50. The van der Waals surface area contributed by atoms with Crippen molar-refractivity contribution in [2.45, 2.75) is 32.2 Å². The van der Waals surface area contributed by atoms with Gasteiger partial charge in [-0.25, -0.2) is 0 Å². The van der Waals surface area contributed by atoms with Crippen molar-refractivity contribution >= 4 is 33.2 Å². The fraction of sp³-hybridized carbons (Fsp3) is 0.583. The van der Waals surface area contributed by atoms with Crippen LogP contribution in [0.5, 0.6) is 5.75 Å². The van der Waals surface area contributed by atoms with Crippen LogP contribution in [0, 0.1) is 0 Å². The number of carbonyl (C=O) groups is 1. The van der Waals surface area contributed by atoms with Gasteiger partial charge in [-0.1, -0.05) is 29.8 Å². The standard InChI is InChI=1S/C12H18BrNO2S/c1-4-12(5-2,8-13)14-11(15)10-6-9(16-3)7-17-10/h6-7H,4-5,8H2,1-3H3,(H,14,15). The van der Waals surface area contributed by atoms with Crippen LogP contribution in [-0.2, 0) is 0 Å². The monoisotopic (exact) mass is 319 g/mol. The number of hydrogen-bond donors (Lipinski definition) is 1. The Morgan fingerprint density at radius 3 is 2.59 bits per heavy atom. The van der Waals surface area contributed by atoms with Crippen molar-refractivity contribution in [2.75, 3.05) is 12.4 Å². The summed E-state index contributed by atoms with van der Waals surface area (Å²) in [5.41, 5.74) is -0.158. The van der Waals surface area contributed by atoms with Crippen LogP contribution in [0.15, 0.2) is 11.4 Å². The van der Waals surface area contributed by atoms with Gasteiger partial charge in [0.25, 0.3) is 5.91 Å². The smallest absolute Gasteiger partial charge is 0.261 e. The van der Waals surface area contributed by atoms with Crippen LogP contribution >= 0.6 is 27.3 Å². The van der Waals surface area contributed by atoms with E-state index in [9.17, 15) is 4.79 Å². The molecular formula is C12H18BrNO2S. The van der Waals surface area contributed by atoms with Crippen molar-refractivity contribution in [2.24, 2.45) is 0 Å². The summed E-state index contributed by atoms with van der Waals surface area (Å²) < 4.78 is 5.08. The fourth-order valence-corrected chi connectivity index (χ4v) is 3.18. The molecule has 0 saturated carbocycles. The molecule has 0 unspecified atom stereocenters. The number of amides is 1. The minimum absolute atomic E-state index is 0.0264. The van der Waals surface area contributed by atoms with Crippen molar-refractivity contribution in [1.29, 1.82) is 0 Å². The molecule has 0 aliphatic heterocycles. The number of ether oxygens (including phenoxy) is 1. The molecule has 1 amide bonds. The summed E-state index contributed by atoms with van der Waals surface area (Å²) in [6.45, 7) is 4.17. The van der Waals surface area contributed by atoms with E-state index in [4.69, 9.17) is 4.74 Å². The second-order valence-corrected chi connectivity index (χ2v) is 5.40. The maximum Gasteiger partial charge on any atom is 0.261 e. The maximum absolute atomic E-state index is 12.1. The van der Waals surface area contributed by atoms with E-state index in [1.807, 2.05) is 5.38 Å². The van der Waals surface area contributed by atoms with Gasteiger partial charge in [0.2, 0.25) is 0 Å². The highest BCUT2D eigenvalue weighted by Crippen LogP contribution is 2.23. The summed E-state index contributed by atoms with van der Waals surface area (Å²) in [5, 5.41) is 5.70. The third-order valence-corrected chi connectivity index (χ3v) is 5.00. The summed E-state index contributed by atoms with van der Waals surface area (Å²) in [7, 11) is 1.60. The molecule has 0 atom stereocenters. The number of halogens is 1. The van der Waals surface area contributed by atoms with Gasteiger partial charge in [0.05, 0.1) is 12.0 Å². The van der Waals surface area contributed by atoms with Crippen LogP contribution in [0.2, 0.25) is 0 Å². The molecule has 1 rings (SSSR count). The average molecular weight is 320 g/mol. The number of methoxy groups -OCH3 is 1. The highest BCUT2D eigenvalue weighted by molar-refractivity contribution is 9.09. The molecule has 1 N–H and O–H groups in total. The zero-order valence-electron chi connectivity index (χ0n) is 10.4. The molecule has 0 fully saturated rings. The quantitative estimate of drug-likeness (QED) is 0.816. The second kappa shape index (κ2) is 6.40. The van der Waals surface area contributed by atoms with Gasteiger partial charge in [-0.2, -0.15) is 0 Å². The Morgan fingerprint density at radius 2 is 2.18 bits per heavy atom. The molecule has 1 heterocycles. The lowest BCUT2D eigenvalue weighted by atomic mass is 9.95. The van der Waals surface area contributed by atoms with Crippen LogP contribution in [0.4, 0.5) is 0 Å². The Hall–Kier alpha value is -0.550. The molecule has 17 heavy (non-hydrogen) atoms. The van der Waals surface area contributed by atoms with Gasteiger partial charge < -0.3 is 10.1 Å². The molecule has 0 radical (unpaired) electrons. The van der Waals surface area contributed by atoms with E-state index in [2.05, 4.69) is 35.1 Å². The van der Waals surface area contributed by atoms with Crippen LogP contribution in [-0.4, -0.2) is 23.9 Å². The van der Waals surface area contributed by atoms with Gasteiger partial charge >= 0.3 is 0 Å². The second-order valence-electron chi connectivity index (χ2n) is 3.93. The summed E-state index contributed by atoms with van der Waals surface area (Å²) in [6.07, 6.45) is 1.81. The van der Waals surface area contributed by atoms with Crippen molar-refractivity contribution in [3.8, 4) is 5.75 Å². The predicted molar refractivity (Wildman–Crippen MR) is 75.4 cm³/mol. The van der Waals surface area contributed by atoms with Crippen molar-refractivity contribution < 1.29 is 9.53 Å². The van der Waals surface area contributed by atoms with Gasteiger partial charge in [-0.3, -0.25) is 4.79 Å². The van der Waals surface area contributed by atoms with Gasteiger partial charge in [0.1, 0.15) is 5.75 Å². The number of hydrogen-bond acceptors (Lipinski definition) is 3. The number of alkyl halides is 1. The summed E-state index contributed by atoms with van der Waals surface area (Å²) in [5.74, 6) is 0.707. The Labute approximate surface area is 115 Å². The van der Waals surface area contributed by atoms with Crippen LogP contribution in [0.25, 0.3) is 0 Å². The van der Waals surface area contributed by atoms with Crippen LogP contribution < -0.4 is 10.1 Å². The summed E-state index contributed by atoms with van der Waals surface area (Å²) in [6, 6.07) is 1.77. The summed E-state index contributed by atoms with van der Waals surface area (Å²) in [4.78, 5) is 12.8. The molecular weight excluding hydrogens is 302 g/mol. The lowest BCUT2D eigenvalue weighted by Crippen LogP contribution is -2.48. The molecule has 96 valence electrons. The molecule has 0 saturated heterocycles. The minimum atomic E-state index is -0.158. The molecule has 0 aromatic carbocycles. The highest BCUT2D eigenvalue weighted by atomic mass is 79.9. The predicted octanol–water partition coefficient (Wildman–Crippen LogP) is 3.44. The van der Waals surface area contributed by atoms with E-state index >= 15 is 0 Å². The van der Waals surface area contributed by atoms with Crippen molar-refractivity contribution in [3.05, 3.63) is 16.3 Å². The number of thiophene rings is 1. The first kappa shape index (κ1) is 14.5. The number of carbonyl (C=O) groups excluding carboxylic acids is 1. The molecule has 0 bridgehead atoms. The first-order valence-electron chi connectivity index (χ1n) is 5.61. The maximum atomic E-state index is 12.1. The van der Waals surface area contributed by atoms with Crippen molar-refractivity contribution in [3.63, 3.8) is 0 Å². The van der Waals surface area contributed by atoms with Crippen molar-refractivity contribution in [1.82, 2.24) is 5.32 Å². The molecule has 3 nitrogen and oxygen atoms in total. The molecule has 0 spiro atoms. The highest BCUT2D eigenvalue weighted by Gasteiger charge is 2.27. The molecule has 5 heteroatoms. The number of rotatable bonds is 6. The molecule has 1 aromatic rings. The first-order chi connectivity index (χ1) is 8.10. The van der Waals surface area contributed by atoms with E-state index in [0.717, 1.165) is 23.9 Å². The van der Waals surface area contributed by atoms with E-state index in [1.54, 1.807) is 13.2 Å². The number of nitrogens with one attached hydrogen (secondary N) is 1. The van der Waals surface area contributed by atoms with Crippen LogP contribution in [0.3, 0.4) is 0 Å². The SMILES string of the molecule is CCC(CC)(CBr)NC(=O)c1cc(OC)cs1.